The van der Waals surface area contributed by atoms with Crippen molar-refractivity contribution in [2.24, 2.45) is 0 Å². The summed E-state index contributed by atoms with van der Waals surface area (Å²) in [6.07, 6.45) is 3.76. The van der Waals surface area contributed by atoms with Crippen LogP contribution in [0.1, 0.15) is 19.3 Å². The minimum Gasteiger partial charge on any atom is -0.374 e. The zero-order valence-electron chi connectivity index (χ0n) is 16.6. The van der Waals surface area contributed by atoms with Crippen LogP contribution in [0.5, 0.6) is 0 Å². The maximum Gasteiger partial charge on any atom is 0.243 e. The summed E-state index contributed by atoms with van der Waals surface area (Å²) in [4.78, 5) is 15.1. The Labute approximate surface area is 172 Å². The number of para-hydroxylation sites is 3. The third-order valence-electron chi connectivity index (χ3n) is 5.33. The van der Waals surface area contributed by atoms with Gasteiger partial charge in [-0.2, -0.15) is 0 Å². The van der Waals surface area contributed by atoms with Gasteiger partial charge < -0.3 is 15.5 Å². The van der Waals surface area contributed by atoms with E-state index in [1.165, 1.54) is 24.9 Å². The first-order chi connectivity index (χ1) is 14.3. The second-order valence-corrected chi connectivity index (χ2v) is 7.38. The van der Waals surface area contributed by atoms with Crippen molar-refractivity contribution in [1.29, 1.82) is 0 Å². The van der Waals surface area contributed by atoms with Gasteiger partial charge in [0.1, 0.15) is 0 Å². The highest BCUT2D eigenvalue weighted by Crippen LogP contribution is 2.29. The number of amides is 1. The van der Waals surface area contributed by atoms with Crippen molar-refractivity contribution >= 4 is 23.0 Å². The van der Waals surface area contributed by atoms with Crippen LogP contribution in [-0.2, 0) is 4.79 Å². The SMILES string of the molecule is O=C(CNc1ccccc1N1CCCCC1)Nc1ccccc1-c1ccccc1. The molecular formula is C25H27N3O. The second-order valence-electron chi connectivity index (χ2n) is 7.38. The van der Waals surface area contributed by atoms with E-state index >= 15 is 0 Å². The fourth-order valence-electron chi connectivity index (χ4n) is 3.87. The minimum atomic E-state index is -0.0539. The van der Waals surface area contributed by atoms with E-state index in [0.717, 1.165) is 35.6 Å². The number of carbonyl (C=O) groups is 1. The van der Waals surface area contributed by atoms with Crippen molar-refractivity contribution in [2.75, 3.05) is 35.2 Å². The molecule has 0 atom stereocenters. The summed E-state index contributed by atoms with van der Waals surface area (Å²) in [5.41, 5.74) is 5.14. The van der Waals surface area contributed by atoms with Crippen molar-refractivity contribution in [2.45, 2.75) is 19.3 Å². The predicted molar refractivity (Wildman–Crippen MR) is 122 cm³/mol. The van der Waals surface area contributed by atoms with Crippen LogP contribution >= 0.6 is 0 Å². The second kappa shape index (κ2) is 9.28. The molecule has 148 valence electrons. The van der Waals surface area contributed by atoms with E-state index in [4.69, 9.17) is 0 Å². The molecule has 1 aliphatic rings. The van der Waals surface area contributed by atoms with Crippen molar-refractivity contribution in [3.8, 4) is 11.1 Å². The van der Waals surface area contributed by atoms with Crippen LogP contribution in [-0.4, -0.2) is 25.5 Å². The van der Waals surface area contributed by atoms with Gasteiger partial charge in [0.25, 0.3) is 0 Å². The van der Waals surface area contributed by atoms with Gasteiger partial charge in [0.05, 0.1) is 17.9 Å². The Bertz CT molecular complexity index is 949. The first kappa shape index (κ1) is 19.1. The summed E-state index contributed by atoms with van der Waals surface area (Å²) >= 11 is 0. The Morgan fingerprint density at radius 3 is 2.21 bits per heavy atom. The Balaban J connectivity index is 1.43. The zero-order chi connectivity index (χ0) is 19.9. The van der Waals surface area contributed by atoms with E-state index < -0.39 is 0 Å². The Morgan fingerprint density at radius 1 is 0.759 bits per heavy atom. The van der Waals surface area contributed by atoms with Gasteiger partial charge in [-0.25, -0.2) is 0 Å². The molecule has 1 saturated heterocycles. The molecule has 0 radical (unpaired) electrons. The standard InChI is InChI=1S/C25H27N3O/c29-25(27-22-14-6-5-13-21(22)20-11-3-1-4-12-20)19-26-23-15-7-8-16-24(23)28-17-9-2-10-18-28/h1,3-8,11-16,26H,2,9-10,17-19H2,(H,27,29). The van der Waals surface area contributed by atoms with Crippen molar-refractivity contribution < 1.29 is 4.79 Å². The molecule has 3 aromatic rings. The quantitative estimate of drug-likeness (QED) is 0.597. The van der Waals surface area contributed by atoms with E-state index in [2.05, 4.69) is 45.9 Å². The molecule has 0 unspecified atom stereocenters. The van der Waals surface area contributed by atoms with E-state index in [9.17, 15) is 4.79 Å². The van der Waals surface area contributed by atoms with E-state index in [0.29, 0.717) is 0 Å². The Morgan fingerprint density at radius 2 is 1.41 bits per heavy atom. The molecule has 29 heavy (non-hydrogen) atoms. The molecule has 0 spiro atoms. The van der Waals surface area contributed by atoms with Crippen LogP contribution in [0.25, 0.3) is 11.1 Å². The third-order valence-corrected chi connectivity index (χ3v) is 5.33. The van der Waals surface area contributed by atoms with Crippen molar-refractivity contribution in [3.63, 3.8) is 0 Å². The average molecular weight is 386 g/mol. The van der Waals surface area contributed by atoms with E-state index in [1.54, 1.807) is 0 Å². The summed E-state index contributed by atoms with van der Waals surface area (Å²) in [6, 6.07) is 26.3. The van der Waals surface area contributed by atoms with Crippen molar-refractivity contribution in [1.82, 2.24) is 0 Å². The summed E-state index contributed by atoms with van der Waals surface area (Å²) in [7, 11) is 0. The first-order valence-electron chi connectivity index (χ1n) is 10.3. The normalized spacial score (nSPS) is 13.7. The molecule has 4 rings (SSSR count). The maximum absolute atomic E-state index is 12.7. The molecular weight excluding hydrogens is 358 g/mol. The van der Waals surface area contributed by atoms with E-state index in [1.807, 2.05) is 48.5 Å². The number of benzene rings is 3. The number of hydrogen-bond donors (Lipinski definition) is 2. The van der Waals surface area contributed by atoms with Gasteiger partial charge in [0.15, 0.2) is 0 Å². The molecule has 1 heterocycles. The highest BCUT2D eigenvalue weighted by Gasteiger charge is 2.15. The van der Waals surface area contributed by atoms with Crippen LogP contribution < -0.4 is 15.5 Å². The molecule has 4 heteroatoms. The smallest absolute Gasteiger partial charge is 0.243 e. The topological polar surface area (TPSA) is 44.4 Å². The van der Waals surface area contributed by atoms with Gasteiger partial charge in [-0.15, -0.1) is 0 Å². The fraction of sp³-hybridized carbons (Fsp3) is 0.240. The van der Waals surface area contributed by atoms with Gasteiger partial charge in [-0.3, -0.25) is 4.79 Å². The third kappa shape index (κ3) is 4.77. The number of carbonyl (C=O) groups excluding carboxylic acids is 1. The highest BCUT2D eigenvalue weighted by molar-refractivity contribution is 5.98. The predicted octanol–water partition coefficient (Wildman–Crippen LogP) is 5.39. The number of nitrogens with one attached hydrogen (secondary N) is 2. The lowest BCUT2D eigenvalue weighted by Gasteiger charge is -2.30. The van der Waals surface area contributed by atoms with Crippen LogP contribution in [0.2, 0.25) is 0 Å². The average Bonchev–Trinajstić information content (AvgIpc) is 2.79. The highest BCUT2D eigenvalue weighted by atomic mass is 16.1. The maximum atomic E-state index is 12.7. The van der Waals surface area contributed by atoms with Crippen LogP contribution in [0.15, 0.2) is 78.9 Å². The Hall–Kier alpha value is -3.27. The van der Waals surface area contributed by atoms with Gasteiger partial charge in [0, 0.05) is 24.3 Å². The number of hydrogen-bond acceptors (Lipinski definition) is 3. The monoisotopic (exact) mass is 385 g/mol. The van der Waals surface area contributed by atoms with Gasteiger partial charge in [-0.1, -0.05) is 60.7 Å². The number of rotatable bonds is 6. The summed E-state index contributed by atoms with van der Waals surface area (Å²) in [5.74, 6) is -0.0539. The largest absolute Gasteiger partial charge is 0.374 e. The fourth-order valence-corrected chi connectivity index (χ4v) is 3.87. The zero-order valence-corrected chi connectivity index (χ0v) is 16.6. The molecule has 0 aliphatic carbocycles. The molecule has 0 saturated carbocycles. The van der Waals surface area contributed by atoms with Gasteiger partial charge in [-0.05, 0) is 43.0 Å². The number of anilines is 3. The van der Waals surface area contributed by atoms with Crippen LogP contribution in [0, 0.1) is 0 Å². The van der Waals surface area contributed by atoms with E-state index in [-0.39, 0.29) is 12.5 Å². The van der Waals surface area contributed by atoms with Gasteiger partial charge in [0.2, 0.25) is 5.91 Å². The minimum absolute atomic E-state index is 0.0539. The molecule has 4 nitrogen and oxygen atoms in total. The number of piperidine rings is 1. The first-order valence-corrected chi connectivity index (χ1v) is 10.3. The summed E-state index contributed by atoms with van der Waals surface area (Å²) < 4.78 is 0. The van der Waals surface area contributed by atoms with Crippen LogP contribution in [0.4, 0.5) is 17.1 Å². The Kier molecular flexibility index (Phi) is 6.10. The molecule has 1 fully saturated rings. The van der Waals surface area contributed by atoms with Crippen LogP contribution in [0.3, 0.4) is 0 Å². The summed E-state index contributed by atoms with van der Waals surface area (Å²) in [6.45, 7) is 2.39. The molecule has 0 aromatic heterocycles. The van der Waals surface area contributed by atoms with Gasteiger partial charge >= 0.3 is 0 Å². The molecule has 3 aromatic carbocycles. The lowest BCUT2D eigenvalue weighted by Crippen LogP contribution is -2.30. The summed E-state index contributed by atoms with van der Waals surface area (Å²) in [5, 5.41) is 6.40. The number of nitrogens with zero attached hydrogens (tertiary/aromatic N) is 1. The van der Waals surface area contributed by atoms with Crippen molar-refractivity contribution in [3.05, 3.63) is 78.9 Å². The molecule has 1 aliphatic heterocycles. The lowest BCUT2D eigenvalue weighted by molar-refractivity contribution is -0.114. The molecule has 2 N–H and O–H groups in total. The molecule has 1 amide bonds. The molecule has 0 bridgehead atoms. The lowest BCUT2D eigenvalue weighted by atomic mass is 10.0.